The van der Waals surface area contributed by atoms with Gasteiger partial charge in [-0.15, -0.1) is 23.1 Å². The lowest BCUT2D eigenvalue weighted by atomic mass is 10.1. The smallest absolute Gasteiger partial charge is 0.289 e. The molecular weight excluding hydrogens is 350 g/mol. The maximum absolute atomic E-state index is 13.1. The monoisotopic (exact) mass is 369 g/mol. The van der Waals surface area contributed by atoms with E-state index in [0.29, 0.717) is 5.76 Å². The lowest BCUT2D eigenvalue weighted by Crippen LogP contribution is -2.36. The van der Waals surface area contributed by atoms with Gasteiger partial charge in [0.25, 0.3) is 5.91 Å². The summed E-state index contributed by atoms with van der Waals surface area (Å²) >= 11 is 3.47. The van der Waals surface area contributed by atoms with Crippen LogP contribution in [0.3, 0.4) is 0 Å². The fraction of sp³-hybridized carbons (Fsp3) is 0.250. The number of hydrogen-bond donors (Lipinski definition) is 0. The Kier molecular flexibility index (Phi) is 4.68. The van der Waals surface area contributed by atoms with Gasteiger partial charge >= 0.3 is 0 Å². The number of amides is 1. The van der Waals surface area contributed by atoms with Crippen LogP contribution in [-0.4, -0.2) is 23.9 Å². The van der Waals surface area contributed by atoms with Crippen LogP contribution < -0.4 is 0 Å². The quantitative estimate of drug-likeness (QED) is 0.445. The van der Waals surface area contributed by atoms with Crippen LogP contribution in [-0.2, 0) is 5.75 Å². The van der Waals surface area contributed by atoms with Gasteiger partial charge in [0, 0.05) is 29.8 Å². The molecule has 1 aliphatic rings. The van der Waals surface area contributed by atoms with Gasteiger partial charge in [-0.25, -0.2) is 0 Å². The zero-order valence-corrected chi connectivity index (χ0v) is 15.5. The van der Waals surface area contributed by atoms with Crippen molar-refractivity contribution in [3.8, 4) is 0 Å². The largest absolute Gasteiger partial charge is 0.451 e. The van der Waals surface area contributed by atoms with Crippen molar-refractivity contribution in [2.75, 3.05) is 13.1 Å². The Bertz CT molecular complexity index is 901. The molecule has 2 aromatic heterocycles. The van der Waals surface area contributed by atoms with Crippen LogP contribution in [0.2, 0.25) is 0 Å². The van der Waals surface area contributed by atoms with Gasteiger partial charge in [-0.05, 0) is 30.4 Å². The van der Waals surface area contributed by atoms with E-state index in [9.17, 15) is 4.79 Å². The van der Waals surface area contributed by atoms with E-state index in [1.54, 1.807) is 23.1 Å². The summed E-state index contributed by atoms with van der Waals surface area (Å²) in [4.78, 5) is 14.9. The van der Waals surface area contributed by atoms with Crippen LogP contribution in [0, 0.1) is 0 Å². The van der Waals surface area contributed by atoms with E-state index >= 15 is 0 Å². The Labute approximate surface area is 155 Å². The summed E-state index contributed by atoms with van der Waals surface area (Å²) in [6, 6.07) is 12.1. The van der Waals surface area contributed by atoms with Crippen molar-refractivity contribution < 1.29 is 9.21 Å². The molecule has 1 amide bonds. The first kappa shape index (κ1) is 16.5. The molecule has 0 unspecified atom stereocenters. The van der Waals surface area contributed by atoms with E-state index in [2.05, 4.69) is 18.0 Å². The van der Waals surface area contributed by atoms with Crippen molar-refractivity contribution >= 4 is 40.0 Å². The topological polar surface area (TPSA) is 33.5 Å². The number of nitrogens with zero attached hydrogens (tertiary/aromatic N) is 1. The Hall–Kier alpha value is -1.98. The number of rotatable bonds is 4. The summed E-state index contributed by atoms with van der Waals surface area (Å²) in [5.74, 6) is 1.24. The molecule has 0 bridgehead atoms. The molecule has 0 N–H and O–H groups in total. The number of piperidine rings is 1. The molecule has 3 nitrogen and oxygen atoms in total. The highest BCUT2D eigenvalue weighted by atomic mass is 32.2. The number of likely N-dealkylation sites (tertiary alicyclic amines) is 1. The van der Waals surface area contributed by atoms with Gasteiger partial charge in [-0.2, -0.15) is 0 Å². The fourth-order valence-corrected chi connectivity index (χ4v) is 4.89. The molecule has 0 saturated carbocycles. The molecule has 0 aliphatic carbocycles. The van der Waals surface area contributed by atoms with E-state index in [0.717, 1.165) is 48.2 Å². The highest BCUT2D eigenvalue weighted by molar-refractivity contribution is 8.00. The number of carbonyl (C=O) groups is 1. The average Bonchev–Trinajstić information content (AvgIpc) is 3.27. The zero-order valence-electron chi connectivity index (χ0n) is 13.9. The maximum Gasteiger partial charge on any atom is 0.289 e. The summed E-state index contributed by atoms with van der Waals surface area (Å²) in [6.45, 7) is 5.48. The van der Waals surface area contributed by atoms with Crippen molar-refractivity contribution in [3.05, 3.63) is 65.3 Å². The normalized spacial score (nSPS) is 15.0. The van der Waals surface area contributed by atoms with Crippen LogP contribution in [0.4, 0.5) is 0 Å². The number of para-hydroxylation sites is 1. The van der Waals surface area contributed by atoms with E-state index in [1.165, 1.54) is 9.78 Å². The standard InChI is InChI=1S/C20H19NO2S2/c1-14-8-10-21(11-9-14)20(22)19-16(13-25-18-7-4-12-24-18)15-5-2-3-6-17(15)23-19/h2-7,12H,1,8-11,13H2. The molecule has 128 valence electrons. The number of hydrogen-bond acceptors (Lipinski definition) is 4. The molecule has 0 spiro atoms. The van der Waals surface area contributed by atoms with E-state index in [4.69, 9.17) is 4.42 Å². The number of thioether (sulfide) groups is 1. The summed E-state index contributed by atoms with van der Waals surface area (Å²) in [5, 5.41) is 3.11. The minimum absolute atomic E-state index is 0.00507. The first-order valence-electron chi connectivity index (χ1n) is 8.35. The molecule has 3 aromatic rings. The van der Waals surface area contributed by atoms with Gasteiger partial charge in [0.2, 0.25) is 0 Å². The molecule has 0 atom stereocenters. The van der Waals surface area contributed by atoms with Crippen LogP contribution in [0.1, 0.15) is 29.0 Å². The second-order valence-corrected chi connectivity index (χ2v) is 8.39. The van der Waals surface area contributed by atoms with E-state index in [1.807, 2.05) is 35.2 Å². The molecule has 4 rings (SSSR count). The second kappa shape index (κ2) is 7.10. The van der Waals surface area contributed by atoms with Crippen molar-refractivity contribution in [3.63, 3.8) is 0 Å². The number of furan rings is 1. The van der Waals surface area contributed by atoms with Crippen LogP contribution in [0.25, 0.3) is 11.0 Å². The lowest BCUT2D eigenvalue weighted by Gasteiger charge is -2.27. The first-order valence-corrected chi connectivity index (χ1v) is 10.2. The average molecular weight is 370 g/mol. The summed E-state index contributed by atoms with van der Waals surface area (Å²) < 4.78 is 7.24. The number of benzene rings is 1. The zero-order chi connectivity index (χ0) is 17.2. The predicted molar refractivity (Wildman–Crippen MR) is 104 cm³/mol. The predicted octanol–water partition coefficient (Wildman–Crippen LogP) is 5.58. The third-order valence-corrected chi connectivity index (χ3v) is 6.66. The number of fused-ring (bicyclic) bond motifs is 1. The highest BCUT2D eigenvalue weighted by Gasteiger charge is 2.26. The molecule has 1 aromatic carbocycles. The van der Waals surface area contributed by atoms with Gasteiger partial charge in [0.05, 0.1) is 4.21 Å². The minimum atomic E-state index is 0.00507. The van der Waals surface area contributed by atoms with Gasteiger partial charge in [0.15, 0.2) is 5.76 Å². The van der Waals surface area contributed by atoms with Crippen molar-refractivity contribution in [1.82, 2.24) is 4.90 Å². The Morgan fingerprint density at radius 2 is 2.00 bits per heavy atom. The van der Waals surface area contributed by atoms with Gasteiger partial charge in [-0.3, -0.25) is 4.79 Å². The van der Waals surface area contributed by atoms with Gasteiger partial charge in [0.1, 0.15) is 5.58 Å². The fourth-order valence-electron chi connectivity index (χ4n) is 3.07. The molecule has 25 heavy (non-hydrogen) atoms. The van der Waals surface area contributed by atoms with Crippen LogP contribution >= 0.6 is 23.1 Å². The number of thiophene rings is 1. The first-order chi connectivity index (χ1) is 12.2. The molecule has 1 saturated heterocycles. The van der Waals surface area contributed by atoms with Crippen LogP contribution in [0.5, 0.6) is 0 Å². The van der Waals surface area contributed by atoms with Crippen LogP contribution in [0.15, 0.2) is 62.6 Å². The highest BCUT2D eigenvalue weighted by Crippen LogP contribution is 2.34. The molecule has 1 aliphatic heterocycles. The van der Waals surface area contributed by atoms with Crippen molar-refractivity contribution in [2.45, 2.75) is 22.8 Å². The van der Waals surface area contributed by atoms with E-state index in [-0.39, 0.29) is 5.91 Å². The maximum atomic E-state index is 13.1. The third-order valence-electron chi connectivity index (χ3n) is 4.50. The Morgan fingerprint density at radius 1 is 1.20 bits per heavy atom. The summed E-state index contributed by atoms with van der Waals surface area (Å²) in [6.07, 6.45) is 1.76. The Morgan fingerprint density at radius 3 is 2.76 bits per heavy atom. The SMILES string of the molecule is C=C1CCN(C(=O)c2oc3ccccc3c2CSc2cccs2)CC1. The Balaban J connectivity index is 1.66. The molecule has 3 heterocycles. The lowest BCUT2D eigenvalue weighted by molar-refractivity contribution is 0.0713. The van der Waals surface area contributed by atoms with Crippen molar-refractivity contribution in [2.24, 2.45) is 0 Å². The van der Waals surface area contributed by atoms with E-state index < -0.39 is 0 Å². The molecular formula is C20H19NO2S2. The number of carbonyl (C=O) groups excluding carboxylic acids is 1. The molecule has 5 heteroatoms. The van der Waals surface area contributed by atoms with Gasteiger partial charge < -0.3 is 9.32 Å². The summed E-state index contributed by atoms with van der Waals surface area (Å²) in [7, 11) is 0. The molecule has 0 radical (unpaired) electrons. The molecule has 1 fully saturated rings. The van der Waals surface area contributed by atoms with Crippen molar-refractivity contribution in [1.29, 1.82) is 0 Å². The second-order valence-electron chi connectivity index (χ2n) is 6.17. The third kappa shape index (κ3) is 3.39. The van der Waals surface area contributed by atoms with Gasteiger partial charge in [-0.1, -0.05) is 36.4 Å². The summed E-state index contributed by atoms with van der Waals surface area (Å²) in [5.41, 5.74) is 3.01. The minimum Gasteiger partial charge on any atom is -0.451 e.